The number of carboxylic acid groups (broad SMARTS) is 1. The maximum atomic E-state index is 11.4. The third kappa shape index (κ3) is 4.72. The second-order valence-corrected chi connectivity index (χ2v) is 6.30. The molecule has 0 aliphatic carbocycles. The average molecular weight is 297 g/mol. The van der Waals surface area contributed by atoms with Crippen LogP contribution in [-0.4, -0.2) is 37.6 Å². The average Bonchev–Trinajstić information content (AvgIpc) is 2.42. The third-order valence-corrected chi connectivity index (χ3v) is 3.98. The van der Waals surface area contributed by atoms with Crippen LogP contribution in [0.5, 0.6) is 0 Å². The van der Waals surface area contributed by atoms with Crippen molar-refractivity contribution >= 4 is 23.4 Å². The van der Waals surface area contributed by atoms with Crippen molar-refractivity contribution in [3.05, 3.63) is 23.8 Å². The Kier molecular flexibility index (Phi) is 6.36. The Labute approximate surface area is 124 Å². The van der Waals surface area contributed by atoms with Gasteiger partial charge < -0.3 is 15.2 Å². The van der Waals surface area contributed by atoms with Crippen molar-refractivity contribution in [3.63, 3.8) is 0 Å². The highest BCUT2D eigenvalue weighted by Gasteiger charge is 2.20. The number of hydrogen-bond acceptors (Lipinski definition) is 4. The summed E-state index contributed by atoms with van der Waals surface area (Å²) in [6.45, 7) is 5.68. The lowest BCUT2D eigenvalue weighted by molar-refractivity contribution is 0.0694. The predicted octanol–water partition coefficient (Wildman–Crippen LogP) is 3.58. The molecule has 1 rings (SSSR count). The summed E-state index contributed by atoms with van der Waals surface area (Å²) in [4.78, 5) is 12.2. The number of nitrogens with one attached hydrogen (secondary N) is 1. The number of anilines is 1. The fourth-order valence-corrected chi connectivity index (χ4v) is 2.49. The number of carbonyl (C=O) groups is 1. The fourth-order valence-electron chi connectivity index (χ4n) is 1.87. The second kappa shape index (κ2) is 7.55. The van der Waals surface area contributed by atoms with Crippen LogP contribution < -0.4 is 5.32 Å². The van der Waals surface area contributed by atoms with Crippen LogP contribution >= 0.6 is 11.8 Å². The van der Waals surface area contributed by atoms with E-state index in [-0.39, 0.29) is 5.41 Å². The van der Waals surface area contributed by atoms with Crippen molar-refractivity contribution in [2.75, 3.05) is 31.8 Å². The van der Waals surface area contributed by atoms with Crippen molar-refractivity contribution in [2.24, 2.45) is 5.41 Å². The molecular weight excluding hydrogens is 274 g/mol. The number of hydrogen-bond donors (Lipinski definition) is 2. The summed E-state index contributed by atoms with van der Waals surface area (Å²) in [6, 6.07) is 5.52. The van der Waals surface area contributed by atoms with Crippen LogP contribution in [0.4, 0.5) is 5.69 Å². The monoisotopic (exact) mass is 297 g/mol. The summed E-state index contributed by atoms with van der Waals surface area (Å²) in [5.74, 6) is -0.896. The summed E-state index contributed by atoms with van der Waals surface area (Å²) >= 11 is 1.44. The molecular formula is C15H23NO3S. The van der Waals surface area contributed by atoms with Crippen LogP contribution in [0.3, 0.4) is 0 Å². The van der Waals surface area contributed by atoms with E-state index >= 15 is 0 Å². The number of carboxylic acids is 1. The van der Waals surface area contributed by atoms with E-state index in [0.717, 1.165) is 11.3 Å². The van der Waals surface area contributed by atoms with Gasteiger partial charge in [0.1, 0.15) is 0 Å². The lowest BCUT2D eigenvalue weighted by Crippen LogP contribution is -2.25. The van der Waals surface area contributed by atoms with E-state index in [2.05, 4.69) is 19.2 Å². The van der Waals surface area contributed by atoms with E-state index in [0.29, 0.717) is 24.4 Å². The van der Waals surface area contributed by atoms with Gasteiger partial charge in [0.2, 0.25) is 0 Å². The minimum absolute atomic E-state index is 0.0428. The molecule has 0 bridgehead atoms. The van der Waals surface area contributed by atoms with Gasteiger partial charge in [0, 0.05) is 30.8 Å². The maximum Gasteiger partial charge on any atom is 0.338 e. The highest BCUT2D eigenvalue weighted by molar-refractivity contribution is 7.98. The highest BCUT2D eigenvalue weighted by Crippen LogP contribution is 2.29. The summed E-state index contributed by atoms with van der Waals surface area (Å²) in [6.07, 6.45) is 2.80. The van der Waals surface area contributed by atoms with Gasteiger partial charge in [-0.15, -0.1) is 11.8 Å². The highest BCUT2D eigenvalue weighted by atomic mass is 32.2. The zero-order chi connectivity index (χ0) is 15.2. The Morgan fingerprint density at radius 2 is 2.15 bits per heavy atom. The van der Waals surface area contributed by atoms with Crippen molar-refractivity contribution in [3.8, 4) is 0 Å². The third-order valence-electron chi connectivity index (χ3n) is 3.20. The van der Waals surface area contributed by atoms with Gasteiger partial charge in [-0.1, -0.05) is 19.9 Å². The van der Waals surface area contributed by atoms with Crippen LogP contribution in [0.15, 0.2) is 23.1 Å². The Morgan fingerprint density at radius 3 is 2.70 bits per heavy atom. The molecule has 0 aliphatic heterocycles. The molecule has 1 aromatic rings. The van der Waals surface area contributed by atoms with Gasteiger partial charge in [-0.05, 0) is 30.2 Å². The summed E-state index contributed by atoms with van der Waals surface area (Å²) in [5.41, 5.74) is 1.07. The Balaban J connectivity index is 2.85. The SMILES string of the molecule is COCCC(C)(C)CNc1cccc(SC)c1C(=O)O. The second-order valence-electron chi connectivity index (χ2n) is 5.45. The smallest absolute Gasteiger partial charge is 0.338 e. The molecule has 20 heavy (non-hydrogen) atoms. The molecule has 0 atom stereocenters. The molecule has 5 heteroatoms. The number of benzene rings is 1. The van der Waals surface area contributed by atoms with Gasteiger partial charge in [-0.2, -0.15) is 0 Å². The van der Waals surface area contributed by atoms with E-state index < -0.39 is 5.97 Å². The van der Waals surface area contributed by atoms with Crippen LogP contribution in [0.1, 0.15) is 30.6 Å². The van der Waals surface area contributed by atoms with Gasteiger partial charge in [-0.25, -0.2) is 4.79 Å². The zero-order valence-corrected chi connectivity index (χ0v) is 13.3. The van der Waals surface area contributed by atoms with Crippen molar-refractivity contribution in [1.29, 1.82) is 0 Å². The van der Waals surface area contributed by atoms with Gasteiger partial charge in [0.15, 0.2) is 0 Å². The molecule has 0 aliphatic rings. The standard InChI is InChI=1S/C15H23NO3S/c1-15(2,8-9-19-3)10-16-11-6-5-7-12(20-4)13(11)14(17)18/h5-7,16H,8-10H2,1-4H3,(H,17,18). The van der Waals surface area contributed by atoms with Crippen molar-refractivity contribution in [1.82, 2.24) is 0 Å². The normalized spacial score (nSPS) is 11.4. The van der Waals surface area contributed by atoms with Gasteiger partial charge in [0.05, 0.1) is 5.56 Å². The molecule has 1 aromatic carbocycles. The molecule has 0 unspecified atom stereocenters. The minimum Gasteiger partial charge on any atom is -0.478 e. The number of aromatic carboxylic acids is 1. The van der Waals surface area contributed by atoms with Crippen LogP contribution in [0.25, 0.3) is 0 Å². The molecule has 112 valence electrons. The maximum absolute atomic E-state index is 11.4. The van der Waals surface area contributed by atoms with Gasteiger partial charge in [0.25, 0.3) is 0 Å². The Hall–Kier alpha value is -1.20. The van der Waals surface area contributed by atoms with Crippen LogP contribution in [-0.2, 0) is 4.74 Å². The van der Waals surface area contributed by atoms with Crippen molar-refractivity contribution in [2.45, 2.75) is 25.2 Å². The molecule has 0 aromatic heterocycles. The van der Waals surface area contributed by atoms with Crippen LogP contribution in [0, 0.1) is 5.41 Å². The number of methoxy groups -OCH3 is 1. The minimum atomic E-state index is -0.896. The summed E-state index contributed by atoms with van der Waals surface area (Å²) in [7, 11) is 1.69. The number of rotatable bonds is 8. The van der Waals surface area contributed by atoms with E-state index in [9.17, 15) is 9.90 Å². The first kappa shape index (κ1) is 16.9. The van der Waals surface area contributed by atoms with Crippen molar-refractivity contribution < 1.29 is 14.6 Å². The van der Waals surface area contributed by atoms with E-state index in [1.165, 1.54) is 11.8 Å². The topological polar surface area (TPSA) is 58.6 Å². The molecule has 2 N–H and O–H groups in total. The number of thioether (sulfide) groups is 1. The quantitative estimate of drug-likeness (QED) is 0.718. The molecule has 0 fully saturated rings. The molecule has 0 saturated heterocycles. The first-order valence-corrected chi connectivity index (χ1v) is 7.77. The molecule has 0 heterocycles. The molecule has 0 spiro atoms. The van der Waals surface area contributed by atoms with E-state index in [1.807, 2.05) is 24.5 Å². The van der Waals surface area contributed by atoms with Gasteiger partial charge >= 0.3 is 5.97 Å². The van der Waals surface area contributed by atoms with E-state index in [1.54, 1.807) is 7.11 Å². The lowest BCUT2D eigenvalue weighted by Gasteiger charge is -2.26. The molecule has 0 radical (unpaired) electrons. The predicted molar refractivity (Wildman–Crippen MR) is 83.9 cm³/mol. The Bertz CT molecular complexity index is 460. The van der Waals surface area contributed by atoms with E-state index in [4.69, 9.17) is 4.74 Å². The Morgan fingerprint density at radius 1 is 1.45 bits per heavy atom. The summed E-state index contributed by atoms with van der Waals surface area (Å²) < 4.78 is 5.10. The zero-order valence-electron chi connectivity index (χ0n) is 12.5. The fraction of sp³-hybridized carbons (Fsp3) is 0.533. The summed E-state index contributed by atoms with van der Waals surface area (Å²) in [5, 5.41) is 12.6. The lowest BCUT2D eigenvalue weighted by atomic mass is 9.89. The first-order chi connectivity index (χ1) is 9.41. The first-order valence-electron chi connectivity index (χ1n) is 6.54. The van der Waals surface area contributed by atoms with Gasteiger partial charge in [-0.3, -0.25) is 0 Å². The molecule has 4 nitrogen and oxygen atoms in total. The van der Waals surface area contributed by atoms with Crippen LogP contribution in [0.2, 0.25) is 0 Å². The molecule has 0 saturated carbocycles. The number of ether oxygens (including phenoxy) is 1. The molecule has 0 amide bonds. The largest absolute Gasteiger partial charge is 0.478 e.